The highest BCUT2D eigenvalue weighted by atomic mass is 35.5. The van der Waals surface area contributed by atoms with Crippen molar-refractivity contribution in [3.63, 3.8) is 0 Å². The topological polar surface area (TPSA) is 49.9 Å². The zero-order chi connectivity index (χ0) is 16.0. The number of ether oxygens (including phenoxy) is 1. The number of methoxy groups -OCH3 is 1. The highest BCUT2D eigenvalue weighted by Crippen LogP contribution is 2.13. The van der Waals surface area contributed by atoms with Crippen LogP contribution in [0.5, 0.6) is 0 Å². The van der Waals surface area contributed by atoms with Gasteiger partial charge in [0, 0.05) is 44.9 Å². The maximum atomic E-state index is 12.1. The lowest BCUT2D eigenvalue weighted by Gasteiger charge is -2.34. The normalized spacial score (nSPS) is 17.7. The van der Waals surface area contributed by atoms with Gasteiger partial charge in [-0.15, -0.1) is 0 Å². The summed E-state index contributed by atoms with van der Waals surface area (Å²) in [5, 5.41) is 0.756. The predicted octanol–water partition coefficient (Wildman–Crippen LogP) is 1.48. The third kappa shape index (κ3) is 5.21. The molecule has 1 heterocycles. The molecule has 0 radical (unpaired) electrons. The number of nitrogens with zero attached hydrogens (tertiary/aromatic N) is 2. The van der Waals surface area contributed by atoms with E-state index in [-0.39, 0.29) is 12.4 Å². The monoisotopic (exact) mass is 346 g/mol. The molecule has 0 saturated carbocycles. The molecule has 124 valence electrons. The van der Waals surface area contributed by atoms with Crippen LogP contribution in [0.25, 0.3) is 0 Å². The summed E-state index contributed by atoms with van der Waals surface area (Å²) in [6.07, 6.45) is 0.928. The molecule has 0 amide bonds. The van der Waals surface area contributed by atoms with E-state index in [1.165, 1.54) is 12.7 Å². The van der Waals surface area contributed by atoms with E-state index in [0.717, 1.165) is 31.1 Å². The van der Waals surface area contributed by atoms with E-state index in [2.05, 4.69) is 11.0 Å². The van der Waals surface area contributed by atoms with Gasteiger partial charge in [0.25, 0.3) is 0 Å². The van der Waals surface area contributed by atoms with Crippen LogP contribution in [0.1, 0.15) is 5.56 Å². The van der Waals surface area contributed by atoms with Crippen LogP contribution < -0.4 is 0 Å². The Morgan fingerprint density at radius 3 is 2.59 bits per heavy atom. The Balaban J connectivity index is 1.77. The van der Waals surface area contributed by atoms with E-state index in [4.69, 9.17) is 16.3 Å². The summed E-state index contributed by atoms with van der Waals surface area (Å²) in [5.41, 5.74) is 1.21. The number of benzene rings is 1. The fourth-order valence-corrected chi connectivity index (χ4v) is 4.10. The van der Waals surface area contributed by atoms with Crippen molar-refractivity contribution in [1.82, 2.24) is 9.21 Å². The van der Waals surface area contributed by atoms with E-state index in [0.29, 0.717) is 13.1 Å². The van der Waals surface area contributed by atoms with Gasteiger partial charge in [-0.3, -0.25) is 0 Å². The van der Waals surface area contributed by atoms with Gasteiger partial charge in [0.05, 0.1) is 12.4 Å². The quantitative estimate of drug-likeness (QED) is 0.750. The van der Waals surface area contributed by atoms with Crippen LogP contribution >= 0.6 is 11.6 Å². The Hall–Kier alpha value is -0.660. The minimum absolute atomic E-state index is 0.0615. The summed E-state index contributed by atoms with van der Waals surface area (Å²) in [7, 11) is -1.66. The van der Waals surface area contributed by atoms with Gasteiger partial charge >= 0.3 is 0 Å². The van der Waals surface area contributed by atoms with Crippen LogP contribution in [-0.4, -0.2) is 69.8 Å². The molecule has 1 aromatic carbocycles. The lowest BCUT2D eigenvalue weighted by molar-refractivity contribution is 0.186. The van der Waals surface area contributed by atoms with Crippen molar-refractivity contribution in [1.29, 1.82) is 0 Å². The minimum atomic E-state index is -3.18. The van der Waals surface area contributed by atoms with Crippen molar-refractivity contribution in [2.75, 3.05) is 52.2 Å². The molecule has 1 fully saturated rings. The highest BCUT2D eigenvalue weighted by Gasteiger charge is 2.26. The largest absolute Gasteiger partial charge is 0.384 e. The third-order valence-corrected chi connectivity index (χ3v) is 5.95. The molecule has 0 aromatic heterocycles. The number of halogens is 1. The van der Waals surface area contributed by atoms with Gasteiger partial charge in [0.15, 0.2) is 0 Å². The Kier molecular flexibility index (Phi) is 6.65. The van der Waals surface area contributed by atoms with Crippen LogP contribution in [0, 0.1) is 0 Å². The molecule has 0 aliphatic carbocycles. The zero-order valence-electron chi connectivity index (χ0n) is 12.9. The van der Waals surface area contributed by atoms with Crippen LogP contribution in [0.15, 0.2) is 24.3 Å². The number of hydrogen-bond donors (Lipinski definition) is 0. The Morgan fingerprint density at radius 1 is 1.23 bits per heavy atom. The lowest BCUT2D eigenvalue weighted by atomic mass is 10.1. The SMILES string of the molecule is COCCS(=O)(=O)N1CCN(CCc2cccc(Cl)c2)CC1. The maximum Gasteiger partial charge on any atom is 0.216 e. The molecule has 0 bridgehead atoms. The van der Waals surface area contributed by atoms with Gasteiger partial charge in [-0.05, 0) is 24.1 Å². The summed E-state index contributed by atoms with van der Waals surface area (Å²) in [4.78, 5) is 2.29. The molecule has 7 heteroatoms. The van der Waals surface area contributed by atoms with Crippen LogP contribution in [0.2, 0.25) is 5.02 Å². The fraction of sp³-hybridized carbons (Fsp3) is 0.600. The molecule has 5 nitrogen and oxygen atoms in total. The third-order valence-electron chi connectivity index (χ3n) is 3.88. The summed E-state index contributed by atoms with van der Waals surface area (Å²) in [6.45, 7) is 3.83. The Labute approximate surface area is 137 Å². The first-order chi connectivity index (χ1) is 10.5. The maximum absolute atomic E-state index is 12.1. The Bertz CT molecular complexity index is 572. The first-order valence-electron chi connectivity index (χ1n) is 7.45. The van der Waals surface area contributed by atoms with Gasteiger partial charge in [-0.25, -0.2) is 8.42 Å². The fourth-order valence-electron chi connectivity index (χ4n) is 2.53. The summed E-state index contributed by atoms with van der Waals surface area (Å²) in [5.74, 6) is 0.0615. The molecule has 1 aromatic rings. The Morgan fingerprint density at radius 2 is 1.95 bits per heavy atom. The molecule has 2 rings (SSSR count). The highest BCUT2D eigenvalue weighted by molar-refractivity contribution is 7.89. The lowest BCUT2D eigenvalue weighted by Crippen LogP contribution is -2.49. The molecule has 1 saturated heterocycles. The minimum Gasteiger partial charge on any atom is -0.384 e. The number of sulfonamides is 1. The summed E-state index contributed by atoms with van der Waals surface area (Å²) in [6, 6.07) is 7.87. The number of rotatable bonds is 7. The number of piperazine rings is 1. The van der Waals surface area contributed by atoms with E-state index in [9.17, 15) is 8.42 Å². The molecule has 0 unspecified atom stereocenters. The van der Waals surface area contributed by atoms with E-state index in [1.807, 2.05) is 18.2 Å². The van der Waals surface area contributed by atoms with Crippen molar-refractivity contribution in [3.8, 4) is 0 Å². The molecular formula is C15H23ClN2O3S. The van der Waals surface area contributed by atoms with Gasteiger partial charge in [0.1, 0.15) is 0 Å². The first-order valence-corrected chi connectivity index (χ1v) is 9.43. The standard InChI is InChI=1S/C15H23ClN2O3S/c1-21-11-12-22(19,20)18-9-7-17(8-10-18)6-5-14-3-2-4-15(16)13-14/h2-4,13H,5-12H2,1H3. The first kappa shape index (κ1) is 17.7. The number of hydrogen-bond acceptors (Lipinski definition) is 4. The summed E-state index contributed by atoms with van der Waals surface area (Å²) >= 11 is 5.98. The van der Waals surface area contributed by atoms with Gasteiger partial charge in [0.2, 0.25) is 10.0 Å². The molecule has 0 atom stereocenters. The molecule has 1 aliphatic heterocycles. The molecule has 0 spiro atoms. The van der Waals surface area contributed by atoms with Gasteiger partial charge in [-0.2, -0.15) is 4.31 Å². The van der Waals surface area contributed by atoms with E-state index < -0.39 is 10.0 Å². The van der Waals surface area contributed by atoms with Crippen molar-refractivity contribution < 1.29 is 13.2 Å². The van der Waals surface area contributed by atoms with Gasteiger partial charge in [-0.1, -0.05) is 23.7 Å². The molecular weight excluding hydrogens is 324 g/mol. The van der Waals surface area contributed by atoms with Crippen molar-refractivity contribution in [2.24, 2.45) is 0 Å². The molecule has 1 aliphatic rings. The van der Waals surface area contributed by atoms with Crippen LogP contribution in [0.4, 0.5) is 0 Å². The second-order valence-electron chi connectivity index (χ2n) is 5.43. The second kappa shape index (κ2) is 8.26. The van der Waals surface area contributed by atoms with E-state index in [1.54, 1.807) is 4.31 Å². The summed E-state index contributed by atoms with van der Waals surface area (Å²) < 4.78 is 30.6. The zero-order valence-corrected chi connectivity index (χ0v) is 14.4. The smallest absolute Gasteiger partial charge is 0.216 e. The van der Waals surface area contributed by atoms with Crippen LogP contribution in [-0.2, 0) is 21.2 Å². The van der Waals surface area contributed by atoms with Crippen molar-refractivity contribution in [2.45, 2.75) is 6.42 Å². The molecule has 0 N–H and O–H groups in total. The molecule has 22 heavy (non-hydrogen) atoms. The van der Waals surface area contributed by atoms with Crippen molar-refractivity contribution in [3.05, 3.63) is 34.9 Å². The average molecular weight is 347 g/mol. The van der Waals surface area contributed by atoms with Gasteiger partial charge < -0.3 is 9.64 Å². The van der Waals surface area contributed by atoms with E-state index >= 15 is 0 Å². The van der Waals surface area contributed by atoms with Crippen molar-refractivity contribution >= 4 is 21.6 Å². The predicted molar refractivity (Wildman–Crippen MR) is 88.8 cm³/mol. The second-order valence-corrected chi connectivity index (χ2v) is 7.95. The average Bonchev–Trinajstić information content (AvgIpc) is 2.51. The van der Waals surface area contributed by atoms with Crippen LogP contribution in [0.3, 0.4) is 0 Å².